The summed E-state index contributed by atoms with van der Waals surface area (Å²) in [5.74, 6) is -0.857. The molecule has 66 heavy (non-hydrogen) atoms. The monoisotopic (exact) mass is 1020 g/mol. The number of thioether (sulfide) groups is 1. The highest BCUT2D eigenvalue weighted by molar-refractivity contribution is 8.13. The molecule has 378 valence electrons. The number of anilines is 1. The van der Waals surface area contributed by atoms with Crippen LogP contribution in [0.4, 0.5) is 5.82 Å². The highest BCUT2D eigenvalue weighted by atomic mass is 32.2. The number of rotatable bonds is 33. The number of carbonyl (C=O) groups is 3. The van der Waals surface area contributed by atoms with Crippen LogP contribution < -0.4 is 35.9 Å². The third-order valence-electron chi connectivity index (χ3n) is 10.6. The lowest BCUT2D eigenvalue weighted by Crippen LogP contribution is -2.46. The minimum atomic E-state index is -5.92. The van der Waals surface area contributed by atoms with Crippen LogP contribution >= 0.6 is 35.2 Å². The molecule has 2 aromatic heterocycles. The van der Waals surface area contributed by atoms with E-state index in [1.807, 2.05) is 0 Å². The van der Waals surface area contributed by atoms with E-state index in [0.29, 0.717) is 12.2 Å². The second-order valence-corrected chi connectivity index (χ2v) is 22.1. The smallest absolute Gasteiger partial charge is 0.274 e. The van der Waals surface area contributed by atoms with Crippen LogP contribution in [-0.4, -0.2) is 103 Å². The fraction of sp³-hybridized carbons (Fsp3) is 0.789. The van der Waals surface area contributed by atoms with Crippen LogP contribution in [0.1, 0.15) is 124 Å². The van der Waals surface area contributed by atoms with Crippen LogP contribution in [0, 0.1) is 11.3 Å². The first-order chi connectivity index (χ1) is 30.9. The standard InChI is InChI=1S/C38H68N7O17P3S/c1-5-6-7-8-9-10-11-12-13-14-15-16-26(2)21-29(47)66-20-19-40-28(46)17-18-41-36(50)33(49)38(3,4)23-59-65(56,57)62-64(54,55)58-22-27-32(61-63(51,52)53)31(48)37(60-27)45-25-44-30-34(39)42-24-43-35(30)45/h24-27,31-33,37,48-49H,5-23H2,1-4H3,(H,40,46)(H,41,50)(H,54,55)(H,56,57)(H2,39,42,43)(H2,51,52,53)/p-4/t26?,27-,31-,32-,33+,37-/m1/s1. The molecule has 0 aliphatic carbocycles. The molecule has 1 saturated heterocycles. The van der Waals surface area contributed by atoms with E-state index in [1.54, 1.807) is 0 Å². The van der Waals surface area contributed by atoms with E-state index in [-0.39, 0.29) is 47.5 Å². The predicted molar refractivity (Wildman–Crippen MR) is 233 cm³/mol. The molecule has 1 fully saturated rings. The van der Waals surface area contributed by atoms with E-state index >= 15 is 0 Å². The van der Waals surface area contributed by atoms with Crippen molar-refractivity contribution in [3.05, 3.63) is 12.7 Å². The number of nitrogen functional groups attached to an aromatic ring is 1. The molecule has 0 radical (unpaired) electrons. The molecule has 0 spiro atoms. The topological polar surface area (TPSA) is 375 Å². The fourth-order valence-electron chi connectivity index (χ4n) is 6.87. The SMILES string of the molecule is CCCCCCCCCCCCCC(C)CC(=O)SCCNC(=O)CCNC(=O)[C@H](O)C(C)(C)COP(=O)([O-])OP(=O)([O-])OC[C@H]1O[C@@H](n2cnc3c(N)ncnc32)[C@H](O)[C@@H]1OP(=O)([O-])[O-]. The summed E-state index contributed by atoms with van der Waals surface area (Å²) in [4.78, 5) is 97.1. The summed E-state index contributed by atoms with van der Waals surface area (Å²) in [7, 11) is -17.6. The third-order valence-corrected chi connectivity index (χ3v) is 14.5. The number of nitrogens with two attached hydrogens (primary N) is 1. The largest absolute Gasteiger partial charge is 0.790 e. The van der Waals surface area contributed by atoms with Gasteiger partial charge in [-0.25, -0.2) is 19.3 Å². The Hall–Kier alpha value is -2.44. The summed E-state index contributed by atoms with van der Waals surface area (Å²) in [6, 6.07) is 0. The van der Waals surface area contributed by atoms with Crippen molar-refractivity contribution in [3.63, 3.8) is 0 Å². The number of hydrogen-bond acceptors (Lipinski definition) is 22. The lowest BCUT2D eigenvalue weighted by molar-refractivity contribution is -0.347. The Kier molecular flexibility index (Phi) is 24.3. The molecule has 0 aromatic carbocycles. The molecular weight excluding hydrogens is 951 g/mol. The molecule has 1 aliphatic rings. The van der Waals surface area contributed by atoms with Gasteiger partial charge in [-0.1, -0.05) is 117 Å². The molecule has 0 bridgehead atoms. The van der Waals surface area contributed by atoms with Gasteiger partial charge in [0.25, 0.3) is 15.6 Å². The Morgan fingerprint density at radius 3 is 2.20 bits per heavy atom. The van der Waals surface area contributed by atoms with Gasteiger partial charge in [-0.05, 0) is 5.92 Å². The Bertz CT molecular complexity index is 2000. The van der Waals surface area contributed by atoms with Crippen molar-refractivity contribution < 1.29 is 80.5 Å². The number of ether oxygens (including phenoxy) is 1. The average Bonchev–Trinajstić information content (AvgIpc) is 3.79. The molecule has 3 rings (SSSR count). The van der Waals surface area contributed by atoms with E-state index in [2.05, 4.69) is 57.3 Å². The number of aromatic nitrogens is 4. The number of phosphoric ester groups is 3. The summed E-state index contributed by atoms with van der Waals surface area (Å²) < 4.78 is 60.8. The number of fused-ring (bicyclic) bond motifs is 1. The highest BCUT2D eigenvalue weighted by Crippen LogP contribution is 2.56. The lowest BCUT2D eigenvalue weighted by atomic mass is 9.87. The zero-order chi connectivity index (χ0) is 49.1. The first kappa shape index (κ1) is 57.9. The number of nitrogens with zero attached hydrogens (tertiary/aromatic N) is 4. The maximum absolute atomic E-state index is 12.7. The van der Waals surface area contributed by atoms with Gasteiger partial charge in [0.05, 0.1) is 27.4 Å². The van der Waals surface area contributed by atoms with Crippen molar-refractivity contribution in [2.45, 2.75) is 148 Å². The summed E-state index contributed by atoms with van der Waals surface area (Å²) in [5, 5.41) is 26.5. The Morgan fingerprint density at radius 2 is 1.56 bits per heavy atom. The van der Waals surface area contributed by atoms with Gasteiger partial charge >= 0.3 is 0 Å². The molecule has 28 heteroatoms. The molecule has 6 N–H and O–H groups in total. The molecule has 2 amide bonds. The number of phosphoric acid groups is 3. The van der Waals surface area contributed by atoms with Gasteiger partial charge in [0.2, 0.25) is 11.8 Å². The first-order valence-corrected chi connectivity index (χ1v) is 27.3. The summed E-state index contributed by atoms with van der Waals surface area (Å²) in [5.41, 5.74) is 4.09. The second-order valence-electron chi connectivity index (χ2n) is 16.8. The normalized spacial score (nSPS) is 20.7. The van der Waals surface area contributed by atoms with Crippen LogP contribution in [0.3, 0.4) is 0 Å². The van der Waals surface area contributed by atoms with Crippen molar-refractivity contribution in [2.75, 3.05) is 37.8 Å². The van der Waals surface area contributed by atoms with Crippen LogP contribution in [-0.2, 0) is 50.7 Å². The van der Waals surface area contributed by atoms with E-state index < -0.39 is 84.6 Å². The number of carbonyl (C=O) groups excluding carboxylic acids is 3. The molecule has 24 nitrogen and oxygen atoms in total. The molecule has 8 atom stereocenters. The van der Waals surface area contributed by atoms with Crippen molar-refractivity contribution in [2.24, 2.45) is 11.3 Å². The summed E-state index contributed by atoms with van der Waals surface area (Å²) >= 11 is 1.15. The highest BCUT2D eigenvalue weighted by Gasteiger charge is 2.47. The minimum Gasteiger partial charge on any atom is -0.790 e. The number of amides is 2. The number of aliphatic hydroxyl groups excluding tert-OH is 2. The molecular formula is C38H64N7O17P3S-4. The first-order valence-electron chi connectivity index (χ1n) is 21.9. The van der Waals surface area contributed by atoms with E-state index in [4.69, 9.17) is 10.5 Å². The number of unbranched alkanes of at least 4 members (excludes halogenated alkanes) is 10. The molecule has 3 unspecified atom stereocenters. The Morgan fingerprint density at radius 1 is 0.939 bits per heavy atom. The van der Waals surface area contributed by atoms with Gasteiger partial charge in [-0.2, -0.15) is 0 Å². The summed E-state index contributed by atoms with van der Waals surface area (Å²) in [6.07, 6.45) is 7.85. The fourth-order valence-corrected chi connectivity index (χ4v) is 10.4. The average molecular weight is 1020 g/mol. The predicted octanol–water partition coefficient (Wildman–Crippen LogP) is 1.86. The van der Waals surface area contributed by atoms with Gasteiger partial charge in [-0.3, -0.25) is 28.1 Å². The maximum atomic E-state index is 12.7. The van der Waals surface area contributed by atoms with Crippen LogP contribution in [0.2, 0.25) is 0 Å². The zero-order valence-corrected chi connectivity index (χ0v) is 41.2. The van der Waals surface area contributed by atoms with Crippen molar-refractivity contribution in [1.82, 2.24) is 30.2 Å². The quantitative estimate of drug-likeness (QED) is 0.0503. The molecule has 1 aliphatic heterocycles. The molecule has 2 aromatic rings. The number of hydrogen-bond donors (Lipinski definition) is 5. The van der Waals surface area contributed by atoms with Crippen LogP contribution in [0.25, 0.3) is 11.2 Å². The molecule has 0 saturated carbocycles. The van der Waals surface area contributed by atoms with Gasteiger partial charge in [-0.15, -0.1) is 0 Å². The molecule has 3 heterocycles. The Balaban J connectivity index is 1.33. The van der Waals surface area contributed by atoms with Crippen molar-refractivity contribution >= 4 is 69.1 Å². The summed E-state index contributed by atoms with van der Waals surface area (Å²) in [6.45, 7) is 4.47. The van der Waals surface area contributed by atoms with Gasteiger partial charge in [0, 0.05) is 37.1 Å². The second kappa shape index (κ2) is 27.7. The van der Waals surface area contributed by atoms with Gasteiger partial charge in [0.1, 0.15) is 36.3 Å². The Labute approximate surface area is 388 Å². The minimum absolute atomic E-state index is 0.0183. The van der Waals surface area contributed by atoms with Crippen molar-refractivity contribution in [3.8, 4) is 0 Å². The van der Waals surface area contributed by atoms with E-state index in [0.717, 1.165) is 41.8 Å². The van der Waals surface area contributed by atoms with E-state index in [9.17, 15) is 57.9 Å². The number of aliphatic hydroxyl groups is 2. The van der Waals surface area contributed by atoms with Crippen LogP contribution in [0.15, 0.2) is 12.7 Å². The number of nitrogens with one attached hydrogen (secondary N) is 2. The third kappa shape index (κ3) is 20.7. The van der Waals surface area contributed by atoms with E-state index in [1.165, 1.54) is 78.1 Å². The zero-order valence-electron chi connectivity index (χ0n) is 37.7. The number of imidazole rings is 1. The van der Waals surface area contributed by atoms with Gasteiger partial charge < -0.3 is 69.0 Å². The van der Waals surface area contributed by atoms with Crippen LogP contribution in [0.5, 0.6) is 0 Å². The maximum Gasteiger partial charge on any atom is 0.274 e. The van der Waals surface area contributed by atoms with Gasteiger partial charge in [0.15, 0.2) is 22.8 Å². The lowest BCUT2D eigenvalue weighted by Gasteiger charge is -2.36. The van der Waals surface area contributed by atoms with Crippen molar-refractivity contribution in [1.29, 1.82) is 0 Å².